The first-order chi connectivity index (χ1) is 9.30. The van der Waals surface area contributed by atoms with Crippen molar-refractivity contribution in [2.24, 2.45) is 17.1 Å². The summed E-state index contributed by atoms with van der Waals surface area (Å²) in [6.45, 7) is 5.29. The van der Waals surface area contributed by atoms with Gasteiger partial charge in [0.05, 0.1) is 6.10 Å². The van der Waals surface area contributed by atoms with Crippen molar-refractivity contribution >= 4 is 11.8 Å². The van der Waals surface area contributed by atoms with Crippen LogP contribution in [-0.4, -0.2) is 54.6 Å². The smallest absolute Gasteiger partial charge is 0.244 e. The number of rotatable bonds is 2. The molecule has 2 saturated heterocycles. The van der Waals surface area contributed by atoms with Crippen LogP contribution >= 0.6 is 0 Å². The van der Waals surface area contributed by atoms with Crippen LogP contribution in [0.15, 0.2) is 0 Å². The average molecular weight is 281 g/mol. The minimum Gasteiger partial charge on any atom is -0.377 e. The Morgan fingerprint density at radius 3 is 2.75 bits per heavy atom. The Hall–Kier alpha value is -1.14. The van der Waals surface area contributed by atoms with E-state index < -0.39 is 17.0 Å². The monoisotopic (exact) mass is 281 g/mol. The lowest BCUT2D eigenvalue weighted by Gasteiger charge is -2.60. The van der Waals surface area contributed by atoms with Gasteiger partial charge in [-0.2, -0.15) is 0 Å². The molecule has 6 nitrogen and oxygen atoms in total. The molecule has 2 heterocycles. The zero-order valence-electron chi connectivity index (χ0n) is 12.3. The van der Waals surface area contributed by atoms with Gasteiger partial charge in [0.1, 0.15) is 11.6 Å². The number of carbonyl (C=O) groups is 2. The lowest BCUT2D eigenvalue weighted by atomic mass is 9.48. The fourth-order valence-corrected chi connectivity index (χ4v) is 4.08. The van der Waals surface area contributed by atoms with Gasteiger partial charge in [0.15, 0.2) is 0 Å². The van der Waals surface area contributed by atoms with Crippen LogP contribution in [0.1, 0.15) is 26.7 Å². The van der Waals surface area contributed by atoms with Gasteiger partial charge in [-0.15, -0.1) is 0 Å². The molecular formula is C14H23N3O3. The first-order valence-electron chi connectivity index (χ1n) is 7.26. The Kier molecular flexibility index (Phi) is 2.89. The van der Waals surface area contributed by atoms with Gasteiger partial charge in [-0.25, -0.2) is 0 Å². The van der Waals surface area contributed by atoms with E-state index in [-0.39, 0.29) is 23.8 Å². The van der Waals surface area contributed by atoms with Crippen LogP contribution < -0.4 is 11.1 Å². The number of fused-ring (bicyclic) bond motifs is 1. The standard InChI is InChI=1S/C14H23N3O3/c1-13(2)10-8(5-7-20-10)14(13,15)12(19)16-9-4-6-17(3)11(9)18/h8-10H,4-7,15H2,1-3H3,(H,16,19). The molecule has 0 aromatic heterocycles. The van der Waals surface area contributed by atoms with Crippen LogP contribution in [-0.2, 0) is 14.3 Å². The molecular weight excluding hydrogens is 258 g/mol. The number of likely N-dealkylation sites (N-methyl/N-ethyl adjacent to an activating group) is 1. The molecule has 3 rings (SSSR count). The number of hydrogen-bond acceptors (Lipinski definition) is 4. The minimum atomic E-state index is -0.935. The normalized spacial score (nSPS) is 42.3. The summed E-state index contributed by atoms with van der Waals surface area (Å²) < 4.78 is 5.69. The van der Waals surface area contributed by atoms with Crippen molar-refractivity contribution in [3.8, 4) is 0 Å². The molecule has 0 bridgehead atoms. The van der Waals surface area contributed by atoms with E-state index in [1.54, 1.807) is 11.9 Å². The molecule has 0 aromatic carbocycles. The van der Waals surface area contributed by atoms with E-state index in [1.165, 1.54) is 0 Å². The molecule has 3 aliphatic rings. The highest BCUT2D eigenvalue weighted by Gasteiger charge is 2.71. The first-order valence-corrected chi connectivity index (χ1v) is 7.26. The van der Waals surface area contributed by atoms with Crippen molar-refractivity contribution in [1.29, 1.82) is 0 Å². The van der Waals surface area contributed by atoms with E-state index in [0.29, 0.717) is 19.6 Å². The average Bonchev–Trinajstić information content (AvgIpc) is 2.99. The van der Waals surface area contributed by atoms with Gasteiger partial charge >= 0.3 is 0 Å². The van der Waals surface area contributed by atoms with E-state index in [9.17, 15) is 9.59 Å². The number of hydrogen-bond donors (Lipinski definition) is 2. The summed E-state index contributed by atoms with van der Waals surface area (Å²) in [7, 11) is 1.75. The van der Waals surface area contributed by atoms with Gasteiger partial charge < -0.3 is 20.7 Å². The first kappa shape index (κ1) is 13.8. The maximum atomic E-state index is 12.7. The second-order valence-corrected chi connectivity index (χ2v) is 6.85. The molecule has 3 N–H and O–H groups in total. The highest BCUT2D eigenvalue weighted by molar-refractivity contribution is 5.94. The van der Waals surface area contributed by atoms with Gasteiger partial charge in [0.25, 0.3) is 0 Å². The zero-order valence-corrected chi connectivity index (χ0v) is 12.3. The van der Waals surface area contributed by atoms with Crippen LogP contribution in [0.2, 0.25) is 0 Å². The van der Waals surface area contributed by atoms with Crippen LogP contribution in [0.25, 0.3) is 0 Å². The minimum absolute atomic E-state index is 0.0294. The summed E-state index contributed by atoms with van der Waals surface area (Å²) >= 11 is 0. The second kappa shape index (κ2) is 4.18. The summed E-state index contributed by atoms with van der Waals surface area (Å²) in [5.74, 6) is -0.173. The fourth-order valence-electron chi connectivity index (χ4n) is 4.08. The molecule has 112 valence electrons. The van der Waals surface area contributed by atoms with Crippen molar-refractivity contribution in [1.82, 2.24) is 10.2 Å². The molecule has 6 heteroatoms. The van der Waals surface area contributed by atoms with Gasteiger partial charge in [-0.1, -0.05) is 13.8 Å². The van der Waals surface area contributed by atoms with Crippen LogP contribution in [0.3, 0.4) is 0 Å². The Labute approximate surface area is 119 Å². The van der Waals surface area contributed by atoms with Gasteiger partial charge in [0.2, 0.25) is 11.8 Å². The summed E-state index contributed by atoms with van der Waals surface area (Å²) in [4.78, 5) is 26.2. The second-order valence-electron chi connectivity index (χ2n) is 6.85. The lowest BCUT2D eigenvalue weighted by Crippen LogP contribution is -2.80. The highest BCUT2D eigenvalue weighted by Crippen LogP contribution is 2.58. The Morgan fingerprint density at radius 1 is 1.45 bits per heavy atom. The maximum Gasteiger partial charge on any atom is 0.244 e. The largest absolute Gasteiger partial charge is 0.377 e. The Balaban J connectivity index is 1.75. The third-order valence-electron chi connectivity index (χ3n) is 5.56. The van der Waals surface area contributed by atoms with Crippen molar-refractivity contribution < 1.29 is 14.3 Å². The van der Waals surface area contributed by atoms with Crippen molar-refractivity contribution in [2.45, 2.75) is 44.4 Å². The van der Waals surface area contributed by atoms with E-state index in [1.807, 2.05) is 13.8 Å². The third-order valence-corrected chi connectivity index (χ3v) is 5.56. The molecule has 4 atom stereocenters. The molecule has 3 fully saturated rings. The highest BCUT2D eigenvalue weighted by atomic mass is 16.5. The topological polar surface area (TPSA) is 84.7 Å². The number of nitrogens with zero attached hydrogens (tertiary/aromatic N) is 1. The lowest BCUT2D eigenvalue weighted by molar-refractivity contribution is -0.176. The third kappa shape index (κ3) is 1.52. The maximum absolute atomic E-state index is 12.7. The van der Waals surface area contributed by atoms with Crippen molar-refractivity contribution in [3.05, 3.63) is 0 Å². The molecule has 2 amide bonds. The number of nitrogens with one attached hydrogen (secondary N) is 1. The molecule has 20 heavy (non-hydrogen) atoms. The van der Waals surface area contributed by atoms with Crippen LogP contribution in [0.4, 0.5) is 0 Å². The van der Waals surface area contributed by atoms with Crippen molar-refractivity contribution in [2.75, 3.05) is 20.2 Å². The van der Waals surface area contributed by atoms with E-state index in [2.05, 4.69) is 5.32 Å². The molecule has 1 aliphatic carbocycles. The summed E-state index contributed by atoms with van der Waals surface area (Å²) in [5, 5.41) is 2.86. The molecule has 0 spiro atoms. The SMILES string of the molecule is CN1CCC(NC(=O)C2(N)C3CCOC3C2(C)C)C1=O. The quantitative estimate of drug-likeness (QED) is 0.713. The molecule has 0 radical (unpaired) electrons. The van der Waals surface area contributed by atoms with Gasteiger partial charge in [-0.05, 0) is 12.8 Å². The number of amides is 2. The summed E-state index contributed by atoms with van der Waals surface area (Å²) in [5.41, 5.74) is 5.12. The molecule has 2 aliphatic heterocycles. The van der Waals surface area contributed by atoms with E-state index >= 15 is 0 Å². The molecule has 4 unspecified atom stereocenters. The predicted molar refractivity (Wildman–Crippen MR) is 72.7 cm³/mol. The summed E-state index contributed by atoms with van der Waals surface area (Å²) in [6, 6.07) is -0.426. The number of nitrogens with two attached hydrogens (primary N) is 1. The van der Waals surface area contributed by atoms with Gasteiger partial charge in [-0.3, -0.25) is 9.59 Å². The zero-order chi connectivity index (χ0) is 14.7. The van der Waals surface area contributed by atoms with Crippen LogP contribution in [0.5, 0.6) is 0 Å². The van der Waals surface area contributed by atoms with Crippen LogP contribution in [0, 0.1) is 11.3 Å². The Morgan fingerprint density at radius 2 is 2.15 bits per heavy atom. The Bertz CT molecular complexity index is 465. The van der Waals surface area contributed by atoms with E-state index in [0.717, 1.165) is 6.42 Å². The summed E-state index contributed by atoms with van der Waals surface area (Å²) in [6.07, 6.45) is 1.53. The fraction of sp³-hybridized carbons (Fsp3) is 0.857. The van der Waals surface area contributed by atoms with Gasteiger partial charge in [0, 0.05) is 31.5 Å². The number of likely N-dealkylation sites (tertiary alicyclic amines) is 1. The predicted octanol–water partition coefficient (Wildman–Crippen LogP) is -0.524. The molecule has 1 saturated carbocycles. The number of carbonyl (C=O) groups excluding carboxylic acids is 2. The van der Waals surface area contributed by atoms with Crippen molar-refractivity contribution in [3.63, 3.8) is 0 Å². The number of ether oxygens (including phenoxy) is 1. The molecule has 0 aromatic rings. The van der Waals surface area contributed by atoms with E-state index in [4.69, 9.17) is 10.5 Å².